The maximum atomic E-state index is 2.52. The molecule has 0 aromatic heterocycles. The lowest BCUT2D eigenvalue weighted by molar-refractivity contribution is 0.659. The topological polar surface area (TPSA) is 6.48 Å². The van der Waals surface area contributed by atoms with Crippen molar-refractivity contribution in [3.05, 3.63) is 198 Å². The number of nitrogens with zero attached hydrogens (tertiary/aromatic N) is 2. The zero-order chi connectivity index (χ0) is 39.2. The van der Waals surface area contributed by atoms with Crippen molar-refractivity contribution in [3.63, 3.8) is 0 Å². The van der Waals surface area contributed by atoms with Crippen molar-refractivity contribution in [2.75, 3.05) is 16.3 Å². The fraction of sp³-hybridized carbons (Fsp3) is 0.107. The van der Waals surface area contributed by atoms with Crippen LogP contribution in [0.15, 0.2) is 180 Å². The van der Waals surface area contributed by atoms with Gasteiger partial charge in [0.2, 0.25) is 0 Å². The average molecular weight is 775 g/mol. The second-order valence-corrected chi connectivity index (χ2v) is 17.9. The first-order valence-corrected chi connectivity index (χ1v) is 21.7. The summed E-state index contributed by atoms with van der Waals surface area (Å²) in [6.07, 6.45) is 6.91. The predicted octanol–water partition coefficient (Wildman–Crippen LogP) is 15.6. The predicted molar refractivity (Wildman–Crippen MR) is 252 cm³/mol. The fourth-order valence-corrected chi connectivity index (χ4v) is 11.3. The van der Waals surface area contributed by atoms with E-state index in [2.05, 4.69) is 206 Å². The largest absolute Gasteiger partial charge is 0.341 e. The lowest BCUT2D eigenvalue weighted by Crippen LogP contribution is -2.25. The fourth-order valence-electron chi connectivity index (χ4n) is 10.2. The Kier molecular flexibility index (Phi) is 7.74. The first kappa shape index (κ1) is 34.5. The van der Waals surface area contributed by atoms with Crippen molar-refractivity contribution in [2.45, 2.75) is 41.9 Å². The van der Waals surface area contributed by atoms with E-state index in [0.29, 0.717) is 0 Å². The molecule has 0 fully saturated rings. The molecule has 282 valence electrons. The minimum Gasteiger partial charge on any atom is -0.341 e. The number of fused-ring (bicyclic) bond motifs is 12. The third-order valence-corrected chi connectivity index (χ3v) is 14.2. The number of anilines is 5. The van der Waals surface area contributed by atoms with Gasteiger partial charge in [-0.2, -0.15) is 0 Å². The van der Waals surface area contributed by atoms with Gasteiger partial charge in [-0.15, -0.1) is 0 Å². The maximum Gasteiger partial charge on any atom is 0.0601 e. The van der Waals surface area contributed by atoms with Crippen molar-refractivity contribution in [1.29, 1.82) is 0 Å². The van der Waals surface area contributed by atoms with Gasteiger partial charge >= 0.3 is 0 Å². The van der Waals surface area contributed by atoms with Crippen molar-refractivity contribution in [3.8, 4) is 11.1 Å². The molecule has 2 heterocycles. The van der Waals surface area contributed by atoms with Crippen molar-refractivity contribution < 1.29 is 0 Å². The van der Waals surface area contributed by atoms with E-state index in [1.54, 1.807) is 0 Å². The van der Waals surface area contributed by atoms with Gasteiger partial charge in [-0.05, 0) is 145 Å². The standard InChI is InChI=1S/C56H42N2S/c1-56(2)49-33-37(24-28-45(49)46-30-25-39(35-50(46)56)57-31-11-13-38-12-3-6-16-51(38)57)22-21-36-23-27-43-44-29-26-40(34-48(44)42-15-5-4-14-41(42)47(43)32-36)58-52-17-7-9-19-54(52)59-55-20-10-8-18-53(55)58/h3-10,12,14-30,32-35H,11,13,31H2,1-2H3/b22-21+. The van der Waals surface area contributed by atoms with Crippen LogP contribution in [0, 0.1) is 0 Å². The highest BCUT2D eigenvalue weighted by molar-refractivity contribution is 7.99. The van der Waals surface area contributed by atoms with Gasteiger partial charge in [-0.1, -0.05) is 147 Å². The lowest BCUT2D eigenvalue weighted by Gasteiger charge is -2.33. The van der Waals surface area contributed by atoms with Gasteiger partial charge in [0.25, 0.3) is 0 Å². The summed E-state index contributed by atoms with van der Waals surface area (Å²) in [5.41, 5.74) is 15.6. The van der Waals surface area contributed by atoms with Crippen LogP contribution in [0.2, 0.25) is 0 Å². The van der Waals surface area contributed by atoms with E-state index in [9.17, 15) is 0 Å². The molecule has 1 aliphatic carbocycles. The minimum atomic E-state index is -0.0949. The number of para-hydroxylation sites is 3. The molecule has 9 aromatic carbocycles. The first-order chi connectivity index (χ1) is 29.0. The smallest absolute Gasteiger partial charge is 0.0601 e. The Bertz CT molecular complexity index is 3160. The molecule has 59 heavy (non-hydrogen) atoms. The molecule has 0 radical (unpaired) electrons. The van der Waals surface area contributed by atoms with Crippen LogP contribution in [-0.4, -0.2) is 6.54 Å². The molecule has 0 spiro atoms. The maximum absolute atomic E-state index is 2.52. The number of hydrogen-bond acceptors (Lipinski definition) is 3. The van der Waals surface area contributed by atoms with Crippen molar-refractivity contribution in [1.82, 2.24) is 0 Å². The van der Waals surface area contributed by atoms with Crippen molar-refractivity contribution >= 4 is 84.7 Å². The molecular weight excluding hydrogens is 733 g/mol. The van der Waals surface area contributed by atoms with Gasteiger partial charge in [0.15, 0.2) is 0 Å². The van der Waals surface area contributed by atoms with Gasteiger partial charge in [-0.3, -0.25) is 0 Å². The Labute approximate surface area is 350 Å². The molecule has 0 saturated carbocycles. The quantitative estimate of drug-likeness (QED) is 0.130. The summed E-state index contributed by atoms with van der Waals surface area (Å²) in [6.45, 7) is 5.84. The van der Waals surface area contributed by atoms with E-state index in [1.807, 2.05) is 11.8 Å². The van der Waals surface area contributed by atoms with Crippen LogP contribution in [0.5, 0.6) is 0 Å². The molecule has 2 aliphatic heterocycles. The molecule has 12 rings (SSSR count). The van der Waals surface area contributed by atoms with Crippen LogP contribution in [0.4, 0.5) is 28.4 Å². The van der Waals surface area contributed by atoms with Gasteiger partial charge in [0, 0.05) is 38.8 Å². The van der Waals surface area contributed by atoms with Crippen LogP contribution in [0.3, 0.4) is 0 Å². The molecule has 9 aromatic rings. The SMILES string of the molecule is CC1(C)c2cc(/C=C/c3ccc4c5ccc(N6c7ccccc7Sc7ccccc76)cc5c5ccccc5c4c3)ccc2-c2ccc(N3CCCc4ccccc43)cc21. The molecule has 3 aliphatic rings. The average Bonchev–Trinajstić information content (AvgIpc) is 3.51. The summed E-state index contributed by atoms with van der Waals surface area (Å²) in [5.74, 6) is 0. The Morgan fingerprint density at radius 2 is 1.02 bits per heavy atom. The Balaban J connectivity index is 0.892. The first-order valence-electron chi connectivity index (χ1n) is 20.9. The molecule has 0 unspecified atom stereocenters. The Hall–Kier alpha value is -6.55. The highest BCUT2D eigenvalue weighted by Crippen LogP contribution is 2.53. The highest BCUT2D eigenvalue weighted by Gasteiger charge is 2.36. The van der Waals surface area contributed by atoms with Gasteiger partial charge in [0.05, 0.1) is 11.4 Å². The second kappa shape index (κ2) is 13.2. The number of benzene rings is 9. The van der Waals surface area contributed by atoms with Crippen molar-refractivity contribution in [2.24, 2.45) is 0 Å². The molecule has 0 amide bonds. The normalized spacial score (nSPS) is 15.0. The van der Waals surface area contributed by atoms with E-state index in [0.717, 1.165) is 13.0 Å². The zero-order valence-electron chi connectivity index (χ0n) is 33.2. The molecule has 2 nitrogen and oxygen atoms in total. The minimum absolute atomic E-state index is 0.0949. The third kappa shape index (κ3) is 5.41. The van der Waals surface area contributed by atoms with Crippen LogP contribution in [-0.2, 0) is 11.8 Å². The van der Waals surface area contributed by atoms with E-state index in [-0.39, 0.29) is 5.41 Å². The summed E-state index contributed by atoms with van der Waals surface area (Å²) in [6, 6.07) is 63.5. The Morgan fingerprint density at radius 3 is 1.76 bits per heavy atom. The third-order valence-electron chi connectivity index (χ3n) is 13.1. The molecule has 0 N–H and O–H groups in total. The van der Waals surface area contributed by atoms with Crippen LogP contribution < -0.4 is 9.80 Å². The Morgan fingerprint density at radius 1 is 0.475 bits per heavy atom. The molecule has 0 atom stereocenters. The lowest BCUT2D eigenvalue weighted by atomic mass is 9.81. The van der Waals surface area contributed by atoms with E-state index >= 15 is 0 Å². The summed E-state index contributed by atoms with van der Waals surface area (Å²) >= 11 is 1.85. The van der Waals surface area contributed by atoms with Gasteiger partial charge in [-0.25, -0.2) is 0 Å². The van der Waals surface area contributed by atoms with E-state index < -0.39 is 0 Å². The number of hydrogen-bond donors (Lipinski definition) is 0. The molecule has 0 saturated heterocycles. The zero-order valence-corrected chi connectivity index (χ0v) is 34.1. The molecular formula is C56H42N2S. The monoisotopic (exact) mass is 774 g/mol. The summed E-state index contributed by atoms with van der Waals surface area (Å²) in [7, 11) is 0. The summed E-state index contributed by atoms with van der Waals surface area (Å²) < 4.78 is 0. The van der Waals surface area contributed by atoms with Gasteiger partial charge < -0.3 is 9.80 Å². The molecule has 3 heteroatoms. The molecule has 0 bridgehead atoms. The second-order valence-electron chi connectivity index (χ2n) is 16.8. The van der Waals surface area contributed by atoms with E-state index in [4.69, 9.17) is 0 Å². The number of rotatable bonds is 4. The summed E-state index contributed by atoms with van der Waals surface area (Å²) in [4.78, 5) is 7.50. The van der Waals surface area contributed by atoms with Crippen LogP contribution in [0.1, 0.15) is 48.1 Å². The van der Waals surface area contributed by atoms with E-state index in [1.165, 1.54) is 116 Å². The highest BCUT2D eigenvalue weighted by atomic mass is 32.2. The van der Waals surface area contributed by atoms with Crippen LogP contribution in [0.25, 0.3) is 55.6 Å². The van der Waals surface area contributed by atoms with Crippen LogP contribution >= 0.6 is 11.8 Å². The number of aryl methyl sites for hydroxylation is 1. The van der Waals surface area contributed by atoms with Gasteiger partial charge in [0.1, 0.15) is 0 Å². The summed E-state index contributed by atoms with van der Waals surface area (Å²) in [5, 5.41) is 7.67.